The number of ether oxygens (including phenoxy) is 2. The van der Waals surface area contributed by atoms with Gasteiger partial charge in [0.1, 0.15) is 11.6 Å². The van der Waals surface area contributed by atoms with E-state index in [0.29, 0.717) is 4.47 Å². The zero-order chi connectivity index (χ0) is 20.5. The molecule has 0 bridgehead atoms. The summed E-state index contributed by atoms with van der Waals surface area (Å²) in [5.41, 5.74) is -0.858. The van der Waals surface area contributed by atoms with Crippen molar-refractivity contribution in [3.8, 4) is 5.75 Å². The summed E-state index contributed by atoms with van der Waals surface area (Å²) in [5.74, 6) is -0.730. The van der Waals surface area contributed by atoms with Crippen LogP contribution in [-0.2, 0) is 20.2 Å². The quantitative estimate of drug-likeness (QED) is 0.602. The van der Waals surface area contributed by atoms with Gasteiger partial charge in [-0.15, -0.1) is 0 Å². The molecule has 1 saturated heterocycles. The lowest BCUT2D eigenvalue weighted by molar-refractivity contribution is -0.0706. The van der Waals surface area contributed by atoms with Gasteiger partial charge < -0.3 is 9.47 Å². The molecule has 1 aliphatic heterocycles. The van der Waals surface area contributed by atoms with Crippen molar-refractivity contribution < 1.29 is 31.1 Å². The zero-order valence-corrected chi connectivity index (χ0v) is 17.3. The lowest BCUT2D eigenvalue weighted by Gasteiger charge is -2.38. The maximum Gasteiger partial charge on any atom is 0.387 e. The van der Waals surface area contributed by atoms with Crippen LogP contribution in [0.4, 0.5) is 13.2 Å². The molecule has 1 heterocycles. The maximum absolute atomic E-state index is 14.5. The van der Waals surface area contributed by atoms with E-state index in [4.69, 9.17) is 4.74 Å². The molecule has 2 aromatic carbocycles. The van der Waals surface area contributed by atoms with Gasteiger partial charge >= 0.3 is 6.61 Å². The Morgan fingerprint density at radius 3 is 2.68 bits per heavy atom. The summed E-state index contributed by atoms with van der Waals surface area (Å²) in [6.07, 6.45) is 0.254. The maximum atomic E-state index is 14.5. The van der Waals surface area contributed by atoms with Gasteiger partial charge in [0.25, 0.3) is 0 Å². The van der Waals surface area contributed by atoms with Crippen LogP contribution < -0.4 is 4.74 Å². The van der Waals surface area contributed by atoms with Crippen molar-refractivity contribution in [1.82, 2.24) is 0 Å². The van der Waals surface area contributed by atoms with Gasteiger partial charge in [-0.25, -0.2) is 12.8 Å². The first-order valence-corrected chi connectivity index (χ1v) is 10.8. The minimum Gasteiger partial charge on any atom is -0.435 e. The van der Waals surface area contributed by atoms with Crippen LogP contribution in [0.15, 0.2) is 51.8 Å². The number of sulfone groups is 1. The van der Waals surface area contributed by atoms with Crippen molar-refractivity contribution in [2.45, 2.75) is 42.1 Å². The van der Waals surface area contributed by atoms with Crippen LogP contribution >= 0.6 is 15.9 Å². The first kappa shape index (κ1) is 21.1. The molecule has 0 spiro atoms. The summed E-state index contributed by atoms with van der Waals surface area (Å²) in [6, 6.07) is 9.54. The highest BCUT2D eigenvalue weighted by atomic mass is 79.9. The molecule has 0 radical (unpaired) electrons. The first-order valence-electron chi connectivity index (χ1n) is 8.50. The lowest BCUT2D eigenvalue weighted by Crippen LogP contribution is -2.41. The van der Waals surface area contributed by atoms with Gasteiger partial charge in [-0.2, -0.15) is 8.78 Å². The van der Waals surface area contributed by atoms with Gasteiger partial charge in [0.15, 0.2) is 9.84 Å². The second kappa shape index (κ2) is 8.04. The van der Waals surface area contributed by atoms with Crippen LogP contribution in [0, 0.1) is 5.82 Å². The Morgan fingerprint density at radius 2 is 2.00 bits per heavy atom. The summed E-state index contributed by atoms with van der Waals surface area (Å²) >= 11 is 3.19. The van der Waals surface area contributed by atoms with E-state index >= 15 is 0 Å². The molecular formula is C19H18BrF3O4S. The van der Waals surface area contributed by atoms with E-state index in [9.17, 15) is 21.6 Å². The molecule has 2 aromatic rings. The topological polar surface area (TPSA) is 52.6 Å². The lowest BCUT2D eigenvalue weighted by atomic mass is 9.87. The standard InChI is InChI=1S/C19H18BrF3O4S/c1-19(16-6-5-12(20)9-17(16)21)11-15(7-8-26-19)28(24,25)14-4-2-3-13(10-14)27-18(22)23/h2-6,9-10,15,18H,7-8,11H2,1H3. The molecule has 2 unspecified atom stereocenters. The predicted molar refractivity (Wildman–Crippen MR) is 101 cm³/mol. The van der Waals surface area contributed by atoms with Crippen LogP contribution in [0.1, 0.15) is 25.3 Å². The van der Waals surface area contributed by atoms with Gasteiger partial charge in [-0.05, 0) is 50.1 Å². The van der Waals surface area contributed by atoms with Crippen LogP contribution in [0.3, 0.4) is 0 Å². The summed E-state index contributed by atoms with van der Waals surface area (Å²) in [5, 5.41) is -0.851. The van der Waals surface area contributed by atoms with Crippen LogP contribution in [-0.4, -0.2) is 26.9 Å². The number of hydrogen-bond donors (Lipinski definition) is 0. The molecule has 0 saturated carbocycles. The van der Waals surface area contributed by atoms with E-state index in [1.165, 1.54) is 24.3 Å². The number of alkyl halides is 2. The molecule has 152 valence electrons. The highest BCUT2D eigenvalue weighted by Gasteiger charge is 2.42. The van der Waals surface area contributed by atoms with Crippen LogP contribution in [0.2, 0.25) is 0 Å². The molecular weight excluding hydrogens is 461 g/mol. The van der Waals surface area contributed by atoms with E-state index in [1.54, 1.807) is 19.1 Å². The Hall–Kier alpha value is -1.58. The zero-order valence-electron chi connectivity index (χ0n) is 14.9. The number of rotatable bonds is 5. The Morgan fingerprint density at radius 1 is 1.25 bits per heavy atom. The predicted octanol–water partition coefficient (Wildman–Crippen LogP) is 5.06. The monoisotopic (exact) mass is 478 g/mol. The van der Waals surface area contributed by atoms with Crippen LogP contribution in [0.5, 0.6) is 5.75 Å². The Balaban J connectivity index is 1.91. The van der Waals surface area contributed by atoms with Gasteiger partial charge in [0, 0.05) is 16.6 Å². The third-order valence-corrected chi connectivity index (χ3v) is 7.46. The van der Waals surface area contributed by atoms with E-state index in [1.807, 2.05) is 0 Å². The molecule has 0 aromatic heterocycles. The average molecular weight is 479 g/mol. The van der Waals surface area contributed by atoms with Crippen molar-refractivity contribution in [1.29, 1.82) is 0 Å². The van der Waals surface area contributed by atoms with Gasteiger partial charge in [0.05, 0.1) is 15.7 Å². The van der Waals surface area contributed by atoms with E-state index < -0.39 is 33.1 Å². The number of benzene rings is 2. The smallest absolute Gasteiger partial charge is 0.387 e. The highest BCUT2D eigenvalue weighted by molar-refractivity contribution is 9.10. The second-order valence-electron chi connectivity index (χ2n) is 6.72. The Labute approximate surface area is 169 Å². The molecule has 0 N–H and O–H groups in total. The summed E-state index contributed by atoms with van der Waals surface area (Å²) < 4.78 is 76.1. The molecule has 28 heavy (non-hydrogen) atoms. The summed E-state index contributed by atoms with van der Waals surface area (Å²) in [7, 11) is -3.86. The Kier molecular flexibility index (Phi) is 6.07. The minimum absolute atomic E-state index is 0.0355. The van der Waals surface area contributed by atoms with E-state index in [2.05, 4.69) is 20.7 Å². The minimum atomic E-state index is -3.86. The van der Waals surface area contributed by atoms with E-state index in [-0.39, 0.29) is 35.7 Å². The molecule has 1 aliphatic rings. The fraction of sp³-hybridized carbons (Fsp3) is 0.368. The summed E-state index contributed by atoms with van der Waals surface area (Å²) in [6.45, 7) is -1.27. The second-order valence-corrected chi connectivity index (χ2v) is 9.86. The van der Waals surface area contributed by atoms with Crippen molar-refractivity contribution >= 4 is 25.8 Å². The molecule has 2 atom stereocenters. The van der Waals surface area contributed by atoms with Crippen molar-refractivity contribution in [2.75, 3.05) is 6.61 Å². The SMILES string of the molecule is CC1(c2ccc(Br)cc2F)CC(S(=O)(=O)c2cccc(OC(F)F)c2)CCO1. The van der Waals surface area contributed by atoms with E-state index in [0.717, 1.165) is 6.07 Å². The fourth-order valence-electron chi connectivity index (χ4n) is 3.40. The fourth-order valence-corrected chi connectivity index (χ4v) is 5.61. The number of hydrogen-bond acceptors (Lipinski definition) is 4. The Bertz CT molecular complexity index is 967. The summed E-state index contributed by atoms with van der Waals surface area (Å²) in [4.78, 5) is -0.115. The van der Waals surface area contributed by atoms with Crippen molar-refractivity contribution in [2.24, 2.45) is 0 Å². The third-order valence-electron chi connectivity index (χ3n) is 4.78. The molecule has 0 aliphatic carbocycles. The van der Waals surface area contributed by atoms with Gasteiger partial charge in [-0.1, -0.05) is 28.1 Å². The van der Waals surface area contributed by atoms with Crippen LogP contribution in [0.25, 0.3) is 0 Å². The third kappa shape index (κ3) is 4.36. The molecule has 3 rings (SSSR count). The largest absolute Gasteiger partial charge is 0.435 e. The average Bonchev–Trinajstić information content (AvgIpc) is 2.61. The number of halogens is 4. The van der Waals surface area contributed by atoms with Crippen molar-refractivity contribution in [3.63, 3.8) is 0 Å². The normalized spacial score (nSPS) is 23.0. The van der Waals surface area contributed by atoms with Gasteiger partial charge in [0.2, 0.25) is 0 Å². The molecule has 9 heteroatoms. The molecule has 4 nitrogen and oxygen atoms in total. The molecule has 1 fully saturated rings. The molecule has 0 amide bonds. The first-order chi connectivity index (χ1) is 13.1. The van der Waals surface area contributed by atoms with Crippen molar-refractivity contribution in [3.05, 3.63) is 58.3 Å². The van der Waals surface area contributed by atoms with Gasteiger partial charge in [-0.3, -0.25) is 0 Å². The highest BCUT2D eigenvalue weighted by Crippen LogP contribution is 2.40.